The van der Waals surface area contributed by atoms with Crippen molar-refractivity contribution in [1.29, 1.82) is 0 Å². The Labute approximate surface area is 180 Å². The zero-order valence-electron chi connectivity index (χ0n) is 18.8. The highest BCUT2D eigenvalue weighted by Crippen LogP contribution is 2.14. The van der Waals surface area contributed by atoms with Crippen LogP contribution in [0.5, 0.6) is 0 Å². The highest BCUT2D eigenvalue weighted by Gasteiger charge is 2.22. The molecule has 1 atom stereocenters. The summed E-state index contributed by atoms with van der Waals surface area (Å²) >= 11 is 0. The lowest BCUT2D eigenvalue weighted by atomic mass is 9.99. The standard InChI is InChI=1S/C21H39N7O2/c1-3-4-5-6-7-8-9-10-11-12-13-20(29)18-19(2)21(30)28(16-14-24-26-22)17-15-25-27-23/h19H,3-18H2,1-2H3/t19-/m0/s1. The van der Waals surface area contributed by atoms with Crippen molar-refractivity contribution in [2.24, 2.45) is 16.1 Å². The summed E-state index contributed by atoms with van der Waals surface area (Å²) in [6.45, 7) is 4.77. The molecule has 0 unspecified atom stereocenters. The Balaban J connectivity index is 4.08. The van der Waals surface area contributed by atoms with Gasteiger partial charge in [-0.2, -0.15) is 0 Å². The average Bonchev–Trinajstić information content (AvgIpc) is 2.73. The Morgan fingerprint density at radius 3 is 1.77 bits per heavy atom. The predicted octanol–water partition coefficient (Wildman–Crippen LogP) is 6.34. The Kier molecular flexibility index (Phi) is 18.6. The van der Waals surface area contributed by atoms with E-state index in [0.29, 0.717) is 6.42 Å². The number of nitrogens with zero attached hydrogens (tertiary/aromatic N) is 7. The van der Waals surface area contributed by atoms with Gasteiger partial charge in [0.15, 0.2) is 0 Å². The molecule has 0 aliphatic rings. The van der Waals surface area contributed by atoms with Crippen molar-refractivity contribution in [3.63, 3.8) is 0 Å². The largest absolute Gasteiger partial charge is 0.342 e. The van der Waals surface area contributed by atoms with Crippen molar-refractivity contribution < 1.29 is 9.59 Å². The van der Waals surface area contributed by atoms with Gasteiger partial charge in [0.25, 0.3) is 0 Å². The minimum Gasteiger partial charge on any atom is -0.342 e. The van der Waals surface area contributed by atoms with E-state index in [-0.39, 0.29) is 44.3 Å². The van der Waals surface area contributed by atoms with Crippen LogP contribution in [0.2, 0.25) is 0 Å². The molecule has 9 heteroatoms. The summed E-state index contributed by atoms with van der Waals surface area (Å²) in [5.41, 5.74) is 16.8. The van der Waals surface area contributed by atoms with E-state index in [1.807, 2.05) is 0 Å². The molecule has 0 saturated heterocycles. The van der Waals surface area contributed by atoms with E-state index < -0.39 is 5.92 Å². The molecule has 0 bridgehead atoms. The Hall–Kier alpha value is -2.24. The maximum absolute atomic E-state index is 12.6. The summed E-state index contributed by atoms with van der Waals surface area (Å²) in [7, 11) is 0. The number of hydrogen-bond donors (Lipinski definition) is 0. The van der Waals surface area contributed by atoms with E-state index in [1.54, 1.807) is 6.92 Å². The van der Waals surface area contributed by atoms with Gasteiger partial charge in [0.2, 0.25) is 5.91 Å². The van der Waals surface area contributed by atoms with E-state index >= 15 is 0 Å². The number of amides is 1. The van der Waals surface area contributed by atoms with E-state index in [1.165, 1.54) is 56.3 Å². The Morgan fingerprint density at radius 2 is 1.30 bits per heavy atom. The number of Topliss-reactive ketones (excluding diaryl/α,β-unsaturated/α-hetero) is 1. The van der Waals surface area contributed by atoms with Crippen molar-refractivity contribution in [2.75, 3.05) is 26.2 Å². The van der Waals surface area contributed by atoms with Gasteiger partial charge in [-0.1, -0.05) is 81.9 Å². The molecule has 0 aromatic heterocycles. The maximum atomic E-state index is 12.6. The van der Waals surface area contributed by atoms with Gasteiger partial charge in [0, 0.05) is 54.8 Å². The van der Waals surface area contributed by atoms with Crippen molar-refractivity contribution in [3.8, 4) is 0 Å². The van der Waals surface area contributed by atoms with Gasteiger partial charge in [-0.25, -0.2) is 0 Å². The molecule has 0 fully saturated rings. The molecular weight excluding hydrogens is 382 g/mol. The number of carbonyl (C=O) groups excluding carboxylic acids is 2. The molecule has 0 N–H and O–H groups in total. The number of hydrogen-bond acceptors (Lipinski definition) is 4. The maximum Gasteiger partial charge on any atom is 0.225 e. The first-order valence-electron chi connectivity index (χ1n) is 11.4. The fraction of sp³-hybridized carbons (Fsp3) is 0.905. The van der Waals surface area contributed by atoms with Gasteiger partial charge < -0.3 is 4.90 Å². The van der Waals surface area contributed by atoms with Gasteiger partial charge in [0.05, 0.1) is 0 Å². The molecule has 0 aliphatic carbocycles. The van der Waals surface area contributed by atoms with Crippen LogP contribution in [0.3, 0.4) is 0 Å². The van der Waals surface area contributed by atoms with Crippen LogP contribution in [0.1, 0.15) is 90.9 Å². The average molecular weight is 422 g/mol. The minimum absolute atomic E-state index is 0.112. The van der Waals surface area contributed by atoms with E-state index in [2.05, 4.69) is 27.0 Å². The highest BCUT2D eigenvalue weighted by atomic mass is 16.2. The molecule has 0 aliphatic heterocycles. The van der Waals surface area contributed by atoms with E-state index in [9.17, 15) is 9.59 Å². The normalized spacial score (nSPS) is 11.3. The SMILES string of the molecule is CCCCCCCCCCCCC(=O)C[C@H](C)C(=O)N(CCN=[N+]=[N-])CCN=[N+]=[N-]. The van der Waals surface area contributed by atoms with Crippen molar-refractivity contribution >= 4 is 11.7 Å². The van der Waals surface area contributed by atoms with Crippen LogP contribution >= 0.6 is 0 Å². The van der Waals surface area contributed by atoms with Crippen LogP contribution in [0.15, 0.2) is 10.2 Å². The van der Waals surface area contributed by atoms with Crippen LogP contribution in [0.25, 0.3) is 20.9 Å². The molecule has 0 saturated carbocycles. The summed E-state index contributed by atoms with van der Waals surface area (Å²) in [4.78, 5) is 31.7. The van der Waals surface area contributed by atoms with Crippen molar-refractivity contribution in [3.05, 3.63) is 20.9 Å². The molecule has 0 spiro atoms. The monoisotopic (exact) mass is 421 g/mol. The van der Waals surface area contributed by atoms with Crippen molar-refractivity contribution in [1.82, 2.24) is 4.90 Å². The Bertz CT molecular complexity index is 548. The predicted molar refractivity (Wildman–Crippen MR) is 120 cm³/mol. The van der Waals surface area contributed by atoms with Crippen LogP contribution in [0.4, 0.5) is 0 Å². The lowest BCUT2D eigenvalue weighted by Gasteiger charge is -2.24. The molecular formula is C21H39N7O2. The van der Waals surface area contributed by atoms with Gasteiger partial charge in [-0.05, 0) is 17.5 Å². The van der Waals surface area contributed by atoms with Gasteiger partial charge in [-0.3, -0.25) is 9.59 Å². The second kappa shape index (κ2) is 20.0. The third-order valence-electron chi connectivity index (χ3n) is 5.14. The van der Waals surface area contributed by atoms with Gasteiger partial charge in [-0.15, -0.1) is 0 Å². The first kappa shape index (κ1) is 27.8. The molecule has 0 radical (unpaired) electrons. The molecule has 30 heavy (non-hydrogen) atoms. The highest BCUT2D eigenvalue weighted by molar-refractivity contribution is 5.86. The van der Waals surface area contributed by atoms with Gasteiger partial charge in [0.1, 0.15) is 5.78 Å². The first-order chi connectivity index (χ1) is 14.6. The van der Waals surface area contributed by atoms with Crippen LogP contribution in [-0.2, 0) is 9.59 Å². The number of azide groups is 2. The van der Waals surface area contributed by atoms with Crippen LogP contribution in [-0.4, -0.2) is 42.8 Å². The zero-order valence-corrected chi connectivity index (χ0v) is 18.8. The molecule has 9 nitrogen and oxygen atoms in total. The Morgan fingerprint density at radius 1 is 0.833 bits per heavy atom. The minimum atomic E-state index is -0.433. The molecule has 0 aromatic carbocycles. The van der Waals surface area contributed by atoms with E-state index in [0.717, 1.165) is 12.8 Å². The summed E-state index contributed by atoms with van der Waals surface area (Å²) in [6.07, 6.45) is 13.0. The van der Waals surface area contributed by atoms with E-state index in [4.69, 9.17) is 11.1 Å². The fourth-order valence-corrected chi connectivity index (χ4v) is 3.40. The molecule has 0 rings (SSSR count). The quantitative estimate of drug-likeness (QED) is 0.0980. The lowest BCUT2D eigenvalue weighted by Crippen LogP contribution is -2.39. The fourth-order valence-electron chi connectivity index (χ4n) is 3.40. The number of unbranched alkanes of at least 4 members (excludes halogenated alkanes) is 9. The van der Waals surface area contributed by atoms with Crippen LogP contribution < -0.4 is 0 Å². The summed E-state index contributed by atoms with van der Waals surface area (Å²) in [5.74, 6) is -0.495. The smallest absolute Gasteiger partial charge is 0.225 e. The number of ketones is 1. The third-order valence-corrected chi connectivity index (χ3v) is 5.14. The summed E-state index contributed by atoms with van der Waals surface area (Å²) in [5, 5.41) is 6.90. The molecule has 0 aromatic rings. The second-order valence-corrected chi connectivity index (χ2v) is 7.81. The summed E-state index contributed by atoms with van der Waals surface area (Å²) in [6, 6.07) is 0. The topological polar surface area (TPSA) is 135 Å². The third kappa shape index (κ3) is 15.7. The summed E-state index contributed by atoms with van der Waals surface area (Å²) < 4.78 is 0. The van der Waals surface area contributed by atoms with Gasteiger partial charge >= 0.3 is 0 Å². The molecule has 170 valence electrons. The molecule has 1 amide bonds. The molecule has 0 heterocycles. The van der Waals surface area contributed by atoms with Crippen molar-refractivity contribution in [2.45, 2.75) is 90.9 Å². The number of rotatable bonds is 20. The lowest BCUT2D eigenvalue weighted by molar-refractivity contribution is -0.137. The number of carbonyl (C=O) groups is 2. The zero-order chi connectivity index (χ0) is 22.5. The first-order valence-corrected chi connectivity index (χ1v) is 11.4. The second-order valence-electron chi connectivity index (χ2n) is 7.81. The van der Waals surface area contributed by atoms with Crippen LogP contribution in [0, 0.1) is 5.92 Å².